The van der Waals surface area contributed by atoms with Gasteiger partial charge in [0.05, 0.1) is 32.5 Å². The number of nitrogens with zero attached hydrogens (tertiary/aromatic N) is 5. The molecule has 3 heterocycles. The first-order valence-electron chi connectivity index (χ1n) is 19.2. The molecule has 4 aliphatic carbocycles. The monoisotopic (exact) mass is 697 g/mol. The summed E-state index contributed by atoms with van der Waals surface area (Å²) in [5.41, 5.74) is 4.90. The third-order valence-corrected chi connectivity index (χ3v) is 12.5. The highest BCUT2D eigenvalue weighted by molar-refractivity contribution is 5.95. The molecule has 3 aromatic rings. The quantitative estimate of drug-likeness (QED) is 0.201. The number of aryl methyl sites for hydroxylation is 1. The van der Waals surface area contributed by atoms with Crippen molar-refractivity contribution in [1.29, 1.82) is 0 Å². The molecule has 2 aromatic heterocycles. The molecule has 0 radical (unpaired) electrons. The Morgan fingerprint density at radius 2 is 1.69 bits per heavy atom. The van der Waals surface area contributed by atoms with Gasteiger partial charge in [0.25, 0.3) is 0 Å². The summed E-state index contributed by atoms with van der Waals surface area (Å²) in [5, 5.41) is 4.57. The molecule has 0 spiro atoms. The molecular formula is C41H55N5O5. The summed E-state index contributed by atoms with van der Waals surface area (Å²) in [7, 11) is 1.74. The molecule has 2 bridgehead atoms. The highest BCUT2D eigenvalue weighted by Crippen LogP contribution is 2.58. The lowest BCUT2D eigenvalue weighted by molar-refractivity contribution is -0.124. The number of methoxy groups -OCH3 is 1. The van der Waals surface area contributed by atoms with Gasteiger partial charge >= 0.3 is 6.09 Å². The van der Waals surface area contributed by atoms with Crippen LogP contribution in [0.1, 0.15) is 102 Å². The van der Waals surface area contributed by atoms with Crippen molar-refractivity contribution in [2.45, 2.75) is 116 Å². The number of hydrogen-bond acceptors (Lipinski definition) is 7. The summed E-state index contributed by atoms with van der Waals surface area (Å²) in [6.07, 6.45) is 14.9. The highest BCUT2D eigenvalue weighted by Gasteiger charge is 2.51. The molecule has 1 saturated heterocycles. The summed E-state index contributed by atoms with van der Waals surface area (Å²) in [6, 6.07) is 11.1. The topological polar surface area (TPSA) is 99.0 Å². The minimum absolute atomic E-state index is 0.0580. The summed E-state index contributed by atoms with van der Waals surface area (Å²) in [4.78, 5) is 36.0. The first kappa shape index (κ1) is 35.5. The van der Waals surface area contributed by atoms with Crippen molar-refractivity contribution < 1.29 is 23.8 Å². The van der Waals surface area contributed by atoms with Gasteiger partial charge < -0.3 is 19.1 Å². The van der Waals surface area contributed by atoms with Crippen LogP contribution in [0.5, 0.6) is 5.75 Å². The third kappa shape index (κ3) is 7.26. The van der Waals surface area contributed by atoms with Gasteiger partial charge in [0.15, 0.2) is 0 Å². The number of carbonyl (C=O) groups excluding carboxylic acids is 2. The number of pyridine rings is 1. The van der Waals surface area contributed by atoms with Crippen molar-refractivity contribution in [1.82, 2.24) is 19.7 Å². The lowest BCUT2D eigenvalue weighted by Gasteiger charge is -2.55. The minimum atomic E-state index is -0.265. The maximum absolute atomic E-state index is 14.7. The van der Waals surface area contributed by atoms with Crippen LogP contribution in [0.15, 0.2) is 48.9 Å². The van der Waals surface area contributed by atoms with Crippen LogP contribution < -0.4 is 9.64 Å². The van der Waals surface area contributed by atoms with Gasteiger partial charge in [-0.2, -0.15) is 5.10 Å². The van der Waals surface area contributed by atoms with E-state index in [1.807, 2.05) is 35.0 Å². The van der Waals surface area contributed by atoms with Gasteiger partial charge in [0.1, 0.15) is 17.7 Å². The number of anilines is 1. The lowest BCUT2D eigenvalue weighted by Crippen LogP contribution is -2.55. The van der Waals surface area contributed by atoms with Gasteiger partial charge in [0.2, 0.25) is 5.91 Å². The Kier molecular flexibility index (Phi) is 10.2. The van der Waals surface area contributed by atoms with Gasteiger partial charge in [-0.25, -0.2) is 9.78 Å². The fourth-order valence-electron chi connectivity index (χ4n) is 9.06. The molecule has 51 heavy (non-hydrogen) atoms. The number of carbonyl (C=O) groups is 2. The first-order valence-corrected chi connectivity index (χ1v) is 19.2. The Balaban J connectivity index is 1.07. The van der Waals surface area contributed by atoms with Gasteiger partial charge in [0, 0.05) is 43.1 Å². The van der Waals surface area contributed by atoms with Crippen molar-refractivity contribution in [2.24, 2.45) is 11.3 Å². The zero-order chi connectivity index (χ0) is 35.8. The van der Waals surface area contributed by atoms with E-state index in [1.165, 1.54) is 11.1 Å². The van der Waals surface area contributed by atoms with Crippen LogP contribution in [0.2, 0.25) is 0 Å². The molecule has 8 rings (SSSR count). The number of benzene rings is 1. The number of likely N-dealkylation sites (tertiary alicyclic amines) is 1. The van der Waals surface area contributed by atoms with E-state index < -0.39 is 0 Å². The summed E-state index contributed by atoms with van der Waals surface area (Å²) in [6.45, 7) is 10.8. The predicted molar refractivity (Wildman–Crippen MR) is 197 cm³/mol. The second-order valence-electron chi connectivity index (χ2n) is 15.9. The third-order valence-electron chi connectivity index (χ3n) is 12.5. The molecule has 0 atom stereocenters. The fraction of sp³-hybridized carbons (Fsp3) is 0.610. The van der Waals surface area contributed by atoms with E-state index in [0.717, 1.165) is 55.4 Å². The second-order valence-corrected chi connectivity index (χ2v) is 15.9. The van der Waals surface area contributed by atoms with Crippen LogP contribution >= 0.6 is 0 Å². The molecule has 0 N–H and O–H groups in total. The minimum Gasteiger partial charge on any atom is -0.496 e. The summed E-state index contributed by atoms with van der Waals surface area (Å²) in [5.74, 6) is 1.67. The standard InChI is InChI=1S/C41H55N5O5/c1-6-50-35-25-44(26-35)39(48)51-34-10-7-30(8-11-34)38(47)45(37-22-31(13-20-42-37)32-23-43-46(24-32)28(2)3)27-40-14-17-41(18-15-40,19-16-40)33-9-12-36(49-5)29(4)21-33/h9,12-13,20-24,28,30,34-35H,6-8,10-11,14-19,25-27H2,1-5H3. The molecular weight excluding hydrogens is 642 g/mol. The Labute approximate surface area is 302 Å². The zero-order valence-electron chi connectivity index (χ0n) is 31.1. The molecule has 10 nitrogen and oxygen atoms in total. The lowest BCUT2D eigenvalue weighted by atomic mass is 9.51. The van der Waals surface area contributed by atoms with E-state index in [9.17, 15) is 9.59 Å². The smallest absolute Gasteiger partial charge is 0.410 e. The van der Waals surface area contributed by atoms with Crippen LogP contribution in [0.25, 0.3) is 11.1 Å². The van der Waals surface area contributed by atoms with Gasteiger partial charge in [-0.05, 0) is 138 Å². The van der Waals surface area contributed by atoms with Crippen molar-refractivity contribution in [2.75, 3.05) is 38.3 Å². The van der Waals surface area contributed by atoms with Crippen LogP contribution in [-0.2, 0) is 19.7 Å². The zero-order valence-corrected chi connectivity index (χ0v) is 31.1. The second kappa shape index (κ2) is 14.6. The molecule has 1 aromatic carbocycles. The van der Waals surface area contributed by atoms with Crippen molar-refractivity contribution in [3.63, 3.8) is 0 Å². The number of rotatable bonds is 11. The Hall–Kier alpha value is -3.92. The molecule has 2 amide bonds. The maximum atomic E-state index is 14.7. The summed E-state index contributed by atoms with van der Waals surface area (Å²) >= 11 is 0. The van der Waals surface area contributed by atoms with E-state index in [2.05, 4.69) is 56.3 Å². The molecule has 5 aliphatic rings. The van der Waals surface area contributed by atoms with E-state index >= 15 is 0 Å². The van der Waals surface area contributed by atoms with Crippen LogP contribution in [-0.4, -0.2) is 77.2 Å². The number of amides is 2. The fourth-order valence-corrected chi connectivity index (χ4v) is 9.06. The predicted octanol–water partition coefficient (Wildman–Crippen LogP) is 7.88. The van der Waals surface area contributed by atoms with Crippen molar-refractivity contribution in [3.8, 4) is 16.9 Å². The number of aromatic nitrogens is 3. The van der Waals surface area contributed by atoms with E-state index in [-0.39, 0.29) is 47.0 Å². The average molecular weight is 698 g/mol. The average Bonchev–Trinajstić information content (AvgIpc) is 3.64. The Bertz CT molecular complexity index is 1680. The molecule has 10 heteroatoms. The maximum Gasteiger partial charge on any atom is 0.410 e. The van der Waals surface area contributed by atoms with E-state index in [0.29, 0.717) is 57.7 Å². The first-order chi connectivity index (χ1) is 24.6. The van der Waals surface area contributed by atoms with E-state index in [1.54, 1.807) is 12.0 Å². The van der Waals surface area contributed by atoms with Gasteiger partial charge in [-0.15, -0.1) is 0 Å². The van der Waals surface area contributed by atoms with E-state index in [4.69, 9.17) is 19.2 Å². The Morgan fingerprint density at radius 1 is 0.961 bits per heavy atom. The molecule has 1 aliphatic heterocycles. The van der Waals surface area contributed by atoms with Crippen molar-refractivity contribution >= 4 is 17.8 Å². The molecule has 0 unspecified atom stereocenters. The number of hydrogen-bond donors (Lipinski definition) is 0. The van der Waals surface area contributed by atoms with Crippen LogP contribution in [0.4, 0.5) is 10.6 Å². The SMILES string of the molecule is CCOC1CN(C(=O)OC2CCC(C(=O)N(CC34CCC(c5ccc(OC)c(C)c5)(CC3)CC4)c3cc(-c4cnn(C(C)C)c4)ccn3)CC2)C1. The van der Waals surface area contributed by atoms with Gasteiger partial charge in [-0.3, -0.25) is 14.4 Å². The molecule has 274 valence electrons. The van der Waals surface area contributed by atoms with Gasteiger partial charge in [-0.1, -0.05) is 12.1 Å². The van der Waals surface area contributed by atoms with Crippen molar-refractivity contribution in [3.05, 3.63) is 60.0 Å². The van der Waals surface area contributed by atoms with Crippen LogP contribution in [0.3, 0.4) is 0 Å². The largest absolute Gasteiger partial charge is 0.496 e. The summed E-state index contributed by atoms with van der Waals surface area (Å²) < 4.78 is 19.0. The highest BCUT2D eigenvalue weighted by atomic mass is 16.6. The normalized spacial score (nSPS) is 26.2. The Morgan fingerprint density at radius 3 is 2.31 bits per heavy atom. The molecule has 5 fully saturated rings. The molecule has 4 saturated carbocycles. The number of fused-ring (bicyclic) bond motifs is 3. The number of ether oxygens (including phenoxy) is 3. The van der Waals surface area contributed by atoms with Crippen LogP contribution in [0, 0.1) is 18.3 Å².